The Morgan fingerprint density at radius 3 is 2.71 bits per heavy atom. The minimum atomic E-state index is 0.522. The van der Waals surface area contributed by atoms with Crippen LogP contribution in [-0.2, 0) is 11.3 Å². The molecule has 0 saturated heterocycles. The van der Waals surface area contributed by atoms with Crippen molar-refractivity contribution in [3.8, 4) is 0 Å². The van der Waals surface area contributed by atoms with Gasteiger partial charge in [0.25, 0.3) is 0 Å². The van der Waals surface area contributed by atoms with Gasteiger partial charge in [0, 0.05) is 19.5 Å². The third-order valence-corrected chi connectivity index (χ3v) is 3.06. The first kappa shape index (κ1) is 12.1. The van der Waals surface area contributed by atoms with E-state index in [1.54, 1.807) is 0 Å². The van der Waals surface area contributed by atoms with Gasteiger partial charge < -0.3 is 9.64 Å². The van der Waals surface area contributed by atoms with Gasteiger partial charge >= 0.3 is 0 Å². The second kappa shape index (κ2) is 5.82. The van der Waals surface area contributed by atoms with Gasteiger partial charge in [-0.25, -0.2) is 0 Å². The number of nitrogens with one attached hydrogen (secondary N) is 1. The van der Waals surface area contributed by atoms with Crippen molar-refractivity contribution in [1.82, 2.24) is 4.90 Å². The van der Waals surface area contributed by atoms with Crippen LogP contribution < -0.4 is 0 Å². The molecule has 0 aliphatic heterocycles. The van der Waals surface area contributed by atoms with E-state index in [0.717, 1.165) is 12.4 Å². The molecule has 0 unspecified atom stereocenters. The summed E-state index contributed by atoms with van der Waals surface area (Å²) in [5.41, 5.74) is 1.20. The average Bonchev–Trinajstić information content (AvgIpc) is 3.19. The summed E-state index contributed by atoms with van der Waals surface area (Å²) in [5.74, 6) is 1.29. The van der Waals surface area contributed by atoms with Crippen LogP contribution in [0, 0.1) is 11.3 Å². The summed E-state index contributed by atoms with van der Waals surface area (Å²) in [5, 5.41) is 7.88. The van der Waals surface area contributed by atoms with Crippen LogP contribution in [0.2, 0.25) is 0 Å². The highest BCUT2D eigenvalue weighted by Gasteiger charge is 2.28. The summed E-state index contributed by atoms with van der Waals surface area (Å²) in [4.78, 5) is 2.00. The van der Waals surface area contributed by atoms with Gasteiger partial charge in [-0.2, -0.15) is 0 Å². The van der Waals surface area contributed by atoms with E-state index in [0.29, 0.717) is 19.1 Å². The van der Waals surface area contributed by atoms with E-state index < -0.39 is 0 Å². The molecule has 1 aliphatic rings. The van der Waals surface area contributed by atoms with E-state index in [2.05, 4.69) is 12.1 Å². The monoisotopic (exact) mass is 232 g/mol. The molecular formula is C14H20N2O. The first-order chi connectivity index (χ1) is 8.27. The number of hydrogen-bond acceptors (Lipinski definition) is 2. The Labute approximate surface area is 103 Å². The molecule has 0 atom stereocenters. The highest BCUT2D eigenvalue weighted by Crippen LogP contribution is 2.30. The van der Waals surface area contributed by atoms with Gasteiger partial charge in [0.05, 0.1) is 19.0 Å². The standard InChI is InChI=1S/C14H20N2O/c1-16(14(15)13-7-8-13)9-10-17-11-12-5-3-2-4-6-12/h2-6,13,15H,7-11H2,1H3. The van der Waals surface area contributed by atoms with E-state index in [1.165, 1.54) is 18.4 Å². The highest BCUT2D eigenvalue weighted by molar-refractivity contribution is 5.83. The van der Waals surface area contributed by atoms with Crippen LogP contribution >= 0.6 is 0 Å². The molecule has 2 rings (SSSR count). The lowest BCUT2D eigenvalue weighted by molar-refractivity contribution is 0.111. The lowest BCUT2D eigenvalue weighted by atomic mass is 10.2. The Balaban J connectivity index is 1.61. The molecule has 92 valence electrons. The van der Waals surface area contributed by atoms with Gasteiger partial charge in [-0.05, 0) is 18.4 Å². The normalized spacial score (nSPS) is 14.6. The first-order valence-electron chi connectivity index (χ1n) is 6.18. The summed E-state index contributed by atoms with van der Waals surface area (Å²) in [6, 6.07) is 10.2. The molecule has 0 heterocycles. The van der Waals surface area contributed by atoms with Gasteiger partial charge in [-0.1, -0.05) is 30.3 Å². The zero-order chi connectivity index (χ0) is 12.1. The van der Waals surface area contributed by atoms with Crippen molar-refractivity contribution in [3.05, 3.63) is 35.9 Å². The minimum Gasteiger partial charge on any atom is -0.375 e. The minimum absolute atomic E-state index is 0.522. The van der Waals surface area contributed by atoms with Crippen LogP contribution in [0.5, 0.6) is 0 Å². The molecule has 0 aromatic heterocycles. The molecule has 1 aromatic carbocycles. The van der Waals surface area contributed by atoms with Crippen molar-refractivity contribution in [2.24, 2.45) is 5.92 Å². The Kier molecular flexibility index (Phi) is 4.15. The van der Waals surface area contributed by atoms with Crippen LogP contribution in [0.3, 0.4) is 0 Å². The molecule has 1 aromatic rings. The van der Waals surface area contributed by atoms with Crippen LogP contribution in [0.25, 0.3) is 0 Å². The third-order valence-electron chi connectivity index (χ3n) is 3.06. The fourth-order valence-electron chi connectivity index (χ4n) is 1.75. The molecule has 17 heavy (non-hydrogen) atoms. The van der Waals surface area contributed by atoms with Crippen molar-refractivity contribution >= 4 is 5.84 Å². The van der Waals surface area contributed by atoms with Crippen molar-refractivity contribution in [1.29, 1.82) is 5.41 Å². The van der Waals surface area contributed by atoms with Crippen molar-refractivity contribution in [3.63, 3.8) is 0 Å². The van der Waals surface area contributed by atoms with Gasteiger partial charge in [0.15, 0.2) is 0 Å². The van der Waals surface area contributed by atoms with Crippen molar-refractivity contribution in [2.45, 2.75) is 19.4 Å². The number of amidine groups is 1. The molecule has 1 N–H and O–H groups in total. The second-order valence-electron chi connectivity index (χ2n) is 4.62. The number of hydrogen-bond donors (Lipinski definition) is 1. The summed E-state index contributed by atoms with van der Waals surface area (Å²) in [7, 11) is 1.98. The Hall–Kier alpha value is -1.35. The average molecular weight is 232 g/mol. The van der Waals surface area contributed by atoms with Crippen LogP contribution in [0.15, 0.2) is 30.3 Å². The number of ether oxygens (including phenoxy) is 1. The lowest BCUT2D eigenvalue weighted by Crippen LogP contribution is -2.30. The van der Waals surface area contributed by atoms with Crippen molar-refractivity contribution in [2.75, 3.05) is 20.2 Å². The van der Waals surface area contributed by atoms with Crippen LogP contribution in [0.1, 0.15) is 18.4 Å². The lowest BCUT2D eigenvalue weighted by Gasteiger charge is -2.19. The summed E-state index contributed by atoms with van der Waals surface area (Å²) in [6.45, 7) is 2.15. The van der Waals surface area contributed by atoms with Gasteiger partial charge in [0.1, 0.15) is 0 Å². The van der Waals surface area contributed by atoms with E-state index in [1.807, 2.05) is 30.1 Å². The molecule has 1 fully saturated rings. The molecule has 0 spiro atoms. The maximum Gasteiger partial charge on any atom is 0.0987 e. The number of likely N-dealkylation sites (N-methyl/N-ethyl adjacent to an activating group) is 1. The molecule has 3 heteroatoms. The molecule has 1 aliphatic carbocycles. The topological polar surface area (TPSA) is 36.3 Å². The first-order valence-corrected chi connectivity index (χ1v) is 6.18. The van der Waals surface area contributed by atoms with E-state index >= 15 is 0 Å². The quantitative estimate of drug-likeness (QED) is 0.465. The highest BCUT2D eigenvalue weighted by atomic mass is 16.5. The van der Waals surface area contributed by atoms with Gasteiger partial charge in [-0.15, -0.1) is 0 Å². The fraction of sp³-hybridized carbons (Fsp3) is 0.500. The maximum absolute atomic E-state index is 7.88. The Morgan fingerprint density at radius 1 is 1.35 bits per heavy atom. The summed E-state index contributed by atoms with van der Waals surface area (Å²) in [6.07, 6.45) is 2.38. The summed E-state index contributed by atoms with van der Waals surface area (Å²) < 4.78 is 5.60. The second-order valence-corrected chi connectivity index (χ2v) is 4.62. The maximum atomic E-state index is 7.88. The molecule has 0 amide bonds. The van der Waals surface area contributed by atoms with E-state index in [9.17, 15) is 0 Å². The Morgan fingerprint density at radius 2 is 2.06 bits per heavy atom. The van der Waals surface area contributed by atoms with Gasteiger partial charge in [0.2, 0.25) is 0 Å². The Bertz CT molecular complexity index is 360. The molecular weight excluding hydrogens is 212 g/mol. The van der Waals surface area contributed by atoms with Crippen molar-refractivity contribution < 1.29 is 4.74 Å². The van der Waals surface area contributed by atoms with Crippen LogP contribution in [0.4, 0.5) is 0 Å². The number of nitrogens with zero attached hydrogens (tertiary/aromatic N) is 1. The zero-order valence-corrected chi connectivity index (χ0v) is 10.4. The number of benzene rings is 1. The van der Waals surface area contributed by atoms with Crippen LogP contribution in [-0.4, -0.2) is 30.9 Å². The molecule has 0 bridgehead atoms. The molecule has 0 radical (unpaired) electrons. The molecule has 3 nitrogen and oxygen atoms in total. The fourth-order valence-corrected chi connectivity index (χ4v) is 1.75. The number of rotatable bonds is 6. The summed E-state index contributed by atoms with van der Waals surface area (Å²) >= 11 is 0. The van der Waals surface area contributed by atoms with E-state index in [-0.39, 0.29) is 0 Å². The van der Waals surface area contributed by atoms with Gasteiger partial charge in [-0.3, -0.25) is 5.41 Å². The SMILES string of the molecule is CN(CCOCc1ccccc1)C(=N)C1CC1. The molecule has 1 saturated carbocycles. The largest absolute Gasteiger partial charge is 0.375 e. The predicted octanol–water partition coefficient (Wildman–Crippen LogP) is 2.52. The predicted molar refractivity (Wildman–Crippen MR) is 69.2 cm³/mol. The zero-order valence-electron chi connectivity index (χ0n) is 10.4. The van der Waals surface area contributed by atoms with E-state index in [4.69, 9.17) is 10.1 Å². The third kappa shape index (κ3) is 3.86. The smallest absolute Gasteiger partial charge is 0.0987 e.